The molecule has 0 bridgehead atoms. The first kappa shape index (κ1) is 16.9. The number of hydrogen-bond donors (Lipinski definition) is 0. The molecule has 1 aromatic carbocycles. The van der Waals surface area contributed by atoms with Crippen LogP contribution in [0.1, 0.15) is 17.7 Å². The van der Waals surface area contributed by atoms with Crippen molar-refractivity contribution in [1.29, 1.82) is 5.26 Å². The number of nitriles is 1. The summed E-state index contributed by atoms with van der Waals surface area (Å²) in [6, 6.07) is 9.19. The molecule has 2 aromatic rings. The second kappa shape index (κ2) is 7.77. The normalized spacial score (nSPS) is 16.8. The SMILES string of the molecule is N#Cc1nccnc1OC1CCN(C(=O)C=Cc2ccc(Cl)cc2)C1. The van der Waals surface area contributed by atoms with E-state index in [2.05, 4.69) is 9.97 Å². The van der Waals surface area contributed by atoms with Gasteiger partial charge in [0.25, 0.3) is 5.88 Å². The second-order valence-electron chi connectivity index (χ2n) is 5.52. The van der Waals surface area contributed by atoms with Gasteiger partial charge in [0, 0.05) is 36.5 Å². The number of hydrogen-bond acceptors (Lipinski definition) is 5. The molecule has 1 atom stereocenters. The van der Waals surface area contributed by atoms with Crippen LogP contribution in [-0.4, -0.2) is 40.0 Å². The van der Waals surface area contributed by atoms with E-state index in [0.717, 1.165) is 5.56 Å². The number of amides is 1. The molecule has 0 N–H and O–H groups in total. The molecule has 3 rings (SSSR count). The highest BCUT2D eigenvalue weighted by atomic mass is 35.5. The largest absolute Gasteiger partial charge is 0.470 e. The molecule has 1 aromatic heterocycles. The Balaban J connectivity index is 1.58. The number of benzene rings is 1. The quantitative estimate of drug-likeness (QED) is 0.789. The summed E-state index contributed by atoms with van der Waals surface area (Å²) in [5.41, 5.74) is 1.05. The smallest absolute Gasteiger partial charge is 0.251 e. The van der Waals surface area contributed by atoms with Crippen LogP contribution >= 0.6 is 11.6 Å². The Morgan fingerprint density at radius 1 is 1.32 bits per heavy atom. The lowest BCUT2D eigenvalue weighted by Gasteiger charge is -2.15. The lowest BCUT2D eigenvalue weighted by molar-refractivity contribution is -0.125. The maximum atomic E-state index is 12.3. The van der Waals surface area contributed by atoms with Gasteiger partial charge in [-0.2, -0.15) is 5.26 Å². The minimum Gasteiger partial charge on any atom is -0.470 e. The van der Waals surface area contributed by atoms with Crippen LogP contribution < -0.4 is 4.74 Å². The Morgan fingerprint density at radius 2 is 2.08 bits per heavy atom. The van der Waals surface area contributed by atoms with E-state index in [-0.39, 0.29) is 23.6 Å². The fourth-order valence-corrected chi connectivity index (χ4v) is 2.64. The standard InChI is InChI=1S/C18H15ClN4O2/c19-14-4-1-13(2-5-14)3-6-17(24)23-10-7-15(12-23)25-18-16(11-20)21-8-9-22-18/h1-6,8-9,15H,7,10,12H2. The van der Waals surface area contributed by atoms with E-state index < -0.39 is 0 Å². The lowest BCUT2D eigenvalue weighted by Crippen LogP contribution is -2.29. The van der Waals surface area contributed by atoms with Crippen molar-refractivity contribution < 1.29 is 9.53 Å². The van der Waals surface area contributed by atoms with Crippen molar-refractivity contribution in [2.45, 2.75) is 12.5 Å². The second-order valence-corrected chi connectivity index (χ2v) is 5.96. The number of carbonyl (C=O) groups is 1. The zero-order valence-electron chi connectivity index (χ0n) is 13.3. The van der Waals surface area contributed by atoms with Gasteiger partial charge in [0.1, 0.15) is 12.2 Å². The summed E-state index contributed by atoms with van der Waals surface area (Å²) < 4.78 is 5.72. The minimum atomic E-state index is -0.198. The zero-order valence-corrected chi connectivity index (χ0v) is 14.1. The number of halogens is 1. The highest BCUT2D eigenvalue weighted by Crippen LogP contribution is 2.19. The van der Waals surface area contributed by atoms with E-state index >= 15 is 0 Å². The highest BCUT2D eigenvalue weighted by molar-refractivity contribution is 6.30. The van der Waals surface area contributed by atoms with Crippen molar-refractivity contribution in [2.24, 2.45) is 0 Å². The maximum Gasteiger partial charge on any atom is 0.251 e. The molecule has 0 saturated carbocycles. The Hall–Kier alpha value is -2.91. The van der Waals surface area contributed by atoms with E-state index in [9.17, 15) is 4.79 Å². The van der Waals surface area contributed by atoms with Gasteiger partial charge >= 0.3 is 0 Å². The third-order valence-corrected chi connectivity index (χ3v) is 4.05. The van der Waals surface area contributed by atoms with Gasteiger partial charge in [0.05, 0.1) is 6.54 Å². The summed E-state index contributed by atoms with van der Waals surface area (Å²) in [4.78, 5) is 21.9. The first-order chi connectivity index (χ1) is 12.2. The number of aromatic nitrogens is 2. The zero-order chi connectivity index (χ0) is 17.6. The molecular weight excluding hydrogens is 340 g/mol. The topological polar surface area (TPSA) is 79.1 Å². The summed E-state index contributed by atoms with van der Waals surface area (Å²) >= 11 is 5.84. The highest BCUT2D eigenvalue weighted by Gasteiger charge is 2.27. The van der Waals surface area contributed by atoms with Crippen molar-refractivity contribution in [3.63, 3.8) is 0 Å². The van der Waals surface area contributed by atoms with Gasteiger partial charge in [0.15, 0.2) is 0 Å². The lowest BCUT2D eigenvalue weighted by atomic mass is 10.2. The predicted molar refractivity (Wildman–Crippen MR) is 92.8 cm³/mol. The molecule has 126 valence electrons. The van der Waals surface area contributed by atoms with Crippen molar-refractivity contribution >= 4 is 23.6 Å². The molecule has 1 aliphatic heterocycles. The first-order valence-corrected chi connectivity index (χ1v) is 8.14. The average Bonchev–Trinajstić information content (AvgIpc) is 3.10. The molecule has 2 heterocycles. The summed E-state index contributed by atoms with van der Waals surface area (Å²) in [6.07, 6.45) is 6.69. The number of ether oxygens (including phenoxy) is 1. The van der Waals surface area contributed by atoms with Gasteiger partial charge < -0.3 is 9.64 Å². The predicted octanol–water partition coefficient (Wildman–Crippen LogP) is 2.69. The summed E-state index contributed by atoms with van der Waals surface area (Å²) in [5.74, 6) is 0.127. The van der Waals surface area contributed by atoms with Gasteiger partial charge in [-0.15, -0.1) is 0 Å². The van der Waals surface area contributed by atoms with Gasteiger partial charge in [0.2, 0.25) is 11.6 Å². The molecule has 1 saturated heterocycles. The summed E-state index contributed by atoms with van der Waals surface area (Å²) in [6.45, 7) is 1.04. The van der Waals surface area contributed by atoms with Crippen molar-refractivity contribution in [2.75, 3.05) is 13.1 Å². The molecule has 0 spiro atoms. The van der Waals surface area contributed by atoms with Gasteiger partial charge in [-0.25, -0.2) is 9.97 Å². The van der Waals surface area contributed by atoms with E-state index in [1.54, 1.807) is 23.1 Å². The number of nitrogens with zero attached hydrogens (tertiary/aromatic N) is 4. The maximum absolute atomic E-state index is 12.3. The first-order valence-electron chi connectivity index (χ1n) is 7.76. The Labute approximate surface area is 150 Å². The van der Waals surface area contributed by atoms with Crippen LogP contribution in [0.15, 0.2) is 42.7 Å². The third kappa shape index (κ3) is 4.34. The van der Waals surface area contributed by atoms with Crippen molar-refractivity contribution in [3.05, 3.63) is 59.0 Å². The fourth-order valence-electron chi connectivity index (χ4n) is 2.52. The van der Waals surface area contributed by atoms with E-state index in [1.807, 2.05) is 18.2 Å². The Kier molecular flexibility index (Phi) is 5.26. The van der Waals surface area contributed by atoms with Crippen LogP contribution in [0.5, 0.6) is 5.88 Å². The summed E-state index contributed by atoms with van der Waals surface area (Å²) in [7, 11) is 0. The number of carbonyl (C=O) groups excluding carboxylic acids is 1. The molecule has 25 heavy (non-hydrogen) atoms. The fraction of sp³-hybridized carbons (Fsp3) is 0.222. The molecule has 0 aliphatic carbocycles. The molecule has 1 aliphatic rings. The van der Waals surface area contributed by atoms with Crippen molar-refractivity contribution in [1.82, 2.24) is 14.9 Å². The Bertz CT molecular complexity index is 830. The summed E-state index contributed by atoms with van der Waals surface area (Å²) in [5, 5.41) is 9.67. The van der Waals surface area contributed by atoms with Crippen LogP contribution in [0, 0.1) is 11.3 Å². The molecular formula is C18H15ClN4O2. The molecule has 0 radical (unpaired) electrons. The van der Waals surface area contributed by atoms with Crippen LogP contribution in [0.25, 0.3) is 6.08 Å². The number of likely N-dealkylation sites (tertiary alicyclic amines) is 1. The number of rotatable bonds is 4. The van der Waals surface area contributed by atoms with Crippen LogP contribution in [-0.2, 0) is 4.79 Å². The molecule has 7 heteroatoms. The monoisotopic (exact) mass is 354 g/mol. The van der Waals surface area contributed by atoms with E-state index in [0.29, 0.717) is 24.5 Å². The third-order valence-electron chi connectivity index (χ3n) is 3.79. The average molecular weight is 355 g/mol. The van der Waals surface area contributed by atoms with Crippen LogP contribution in [0.2, 0.25) is 5.02 Å². The van der Waals surface area contributed by atoms with Gasteiger partial charge in [-0.1, -0.05) is 23.7 Å². The van der Waals surface area contributed by atoms with Crippen LogP contribution in [0.4, 0.5) is 0 Å². The van der Waals surface area contributed by atoms with E-state index in [1.165, 1.54) is 18.5 Å². The molecule has 1 unspecified atom stereocenters. The van der Waals surface area contributed by atoms with Gasteiger partial charge in [-0.05, 0) is 23.8 Å². The van der Waals surface area contributed by atoms with Gasteiger partial charge in [-0.3, -0.25) is 4.79 Å². The van der Waals surface area contributed by atoms with Crippen LogP contribution in [0.3, 0.4) is 0 Å². The molecule has 1 fully saturated rings. The molecule has 6 nitrogen and oxygen atoms in total. The van der Waals surface area contributed by atoms with E-state index in [4.69, 9.17) is 21.6 Å². The Morgan fingerprint density at radius 3 is 2.84 bits per heavy atom. The van der Waals surface area contributed by atoms with Crippen molar-refractivity contribution in [3.8, 4) is 11.9 Å². The minimum absolute atomic E-state index is 0.0827. The molecule has 1 amide bonds.